The summed E-state index contributed by atoms with van der Waals surface area (Å²) >= 11 is 0. The van der Waals surface area contributed by atoms with Gasteiger partial charge in [-0.1, -0.05) is 13.8 Å². The fraction of sp³-hybridized carbons (Fsp3) is 0.769. The minimum atomic E-state index is 0.315. The standard InChI is InChI=1S/C13H25N3O/c1-6-8-14-11(7-2)13-12(17-5)9-15-16(13)10(3)4/h9-11,14H,6-8H2,1-5H3. The molecule has 0 bridgehead atoms. The summed E-state index contributed by atoms with van der Waals surface area (Å²) in [5.74, 6) is 0.883. The van der Waals surface area contributed by atoms with Gasteiger partial charge in [-0.3, -0.25) is 4.68 Å². The summed E-state index contributed by atoms with van der Waals surface area (Å²) in [7, 11) is 1.71. The second-order valence-corrected chi connectivity index (χ2v) is 4.55. The van der Waals surface area contributed by atoms with E-state index in [0.29, 0.717) is 12.1 Å². The summed E-state index contributed by atoms with van der Waals surface area (Å²) in [6.45, 7) is 9.66. The molecule has 1 N–H and O–H groups in total. The predicted octanol–water partition coefficient (Wildman–Crippen LogP) is 2.92. The molecule has 0 aliphatic rings. The van der Waals surface area contributed by atoms with E-state index in [-0.39, 0.29) is 0 Å². The Balaban J connectivity index is 3.01. The molecule has 1 rings (SSSR count). The van der Waals surface area contributed by atoms with Crippen LogP contribution in [0.3, 0.4) is 0 Å². The molecule has 0 aliphatic carbocycles. The highest BCUT2D eigenvalue weighted by molar-refractivity contribution is 5.28. The Kier molecular flexibility index (Phi) is 5.48. The molecule has 0 radical (unpaired) electrons. The maximum atomic E-state index is 5.42. The maximum Gasteiger partial charge on any atom is 0.161 e. The van der Waals surface area contributed by atoms with Gasteiger partial charge in [0.15, 0.2) is 5.75 Å². The van der Waals surface area contributed by atoms with E-state index < -0.39 is 0 Å². The average Bonchev–Trinajstić information content (AvgIpc) is 2.74. The predicted molar refractivity (Wildman–Crippen MR) is 70.5 cm³/mol. The summed E-state index contributed by atoms with van der Waals surface area (Å²) in [5, 5.41) is 7.97. The lowest BCUT2D eigenvalue weighted by Gasteiger charge is -2.21. The SMILES string of the molecule is CCCNC(CC)c1c(OC)cnn1C(C)C. The van der Waals surface area contributed by atoms with Crippen molar-refractivity contribution in [1.29, 1.82) is 0 Å². The Hall–Kier alpha value is -1.03. The summed E-state index contributed by atoms with van der Waals surface area (Å²) in [6.07, 6.45) is 3.98. The minimum Gasteiger partial charge on any atom is -0.493 e. The van der Waals surface area contributed by atoms with Gasteiger partial charge in [-0.15, -0.1) is 0 Å². The summed E-state index contributed by atoms with van der Waals surface area (Å²) < 4.78 is 7.47. The smallest absolute Gasteiger partial charge is 0.161 e. The molecule has 0 saturated carbocycles. The van der Waals surface area contributed by atoms with Gasteiger partial charge >= 0.3 is 0 Å². The highest BCUT2D eigenvalue weighted by atomic mass is 16.5. The van der Waals surface area contributed by atoms with Crippen molar-refractivity contribution in [2.45, 2.75) is 52.6 Å². The molecule has 0 amide bonds. The first-order chi connectivity index (χ1) is 8.15. The fourth-order valence-corrected chi connectivity index (χ4v) is 2.01. The Morgan fingerprint density at radius 2 is 2.12 bits per heavy atom. The van der Waals surface area contributed by atoms with Gasteiger partial charge in [0, 0.05) is 6.04 Å². The quantitative estimate of drug-likeness (QED) is 0.795. The molecule has 17 heavy (non-hydrogen) atoms. The van der Waals surface area contributed by atoms with E-state index >= 15 is 0 Å². The molecule has 4 heteroatoms. The monoisotopic (exact) mass is 239 g/mol. The van der Waals surface area contributed by atoms with Crippen molar-refractivity contribution >= 4 is 0 Å². The van der Waals surface area contributed by atoms with Crippen molar-refractivity contribution in [2.24, 2.45) is 0 Å². The summed E-state index contributed by atoms with van der Waals surface area (Å²) in [4.78, 5) is 0. The van der Waals surface area contributed by atoms with E-state index in [2.05, 4.69) is 42.8 Å². The number of methoxy groups -OCH3 is 1. The molecule has 1 heterocycles. The molecule has 1 aromatic rings. The molecule has 0 aliphatic heterocycles. The number of nitrogens with one attached hydrogen (secondary N) is 1. The van der Waals surface area contributed by atoms with Gasteiger partial charge in [0.25, 0.3) is 0 Å². The number of hydrogen-bond donors (Lipinski definition) is 1. The van der Waals surface area contributed by atoms with E-state index in [1.54, 1.807) is 7.11 Å². The first kappa shape index (κ1) is 14.0. The molecule has 0 aromatic carbocycles. The highest BCUT2D eigenvalue weighted by Crippen LogP contribution is 2.29. The third-order valence-corrected chi connectivity index (χ3v) is 2.89. The number of hydrogen-bond acceptors (Lipinski definition) is 3. The van der Waals surface area contributed by atoms with Crippen LogP contribution in [0.5, 0.6) is 5.75 Å². The number of ether oxygens (including phenoxy) is 1. The van der Waals surface area contributed by atoms with E-state index in [9.17, 15) is 0 Å². The lowest BCUT2D eigenvalue weighted by atomic mass is 10.1. The van der Waals surface area contributed by atoms with Gasteiger partial charge in [0.1, 0.15) is 0 Å². The molecule has 1 aromatic heterocycles. The Morgan fingerprint density at radius 3 is 2.59 bits per heavy atom. The first-order valence-corrected chi connectivity index (χ1v) is 6.50. The van der Waals surface area contributed by atoms with Crippen LogP contribution in [0, 0.1) is 0 Å². The summed E-state index contributed by atoms with van der Waals surface area (Å²) in [5.41, 5.74) is 1.17. The van der Waals surface area contributed by atoms with Crippen molar-refractivity contribution in [3.8, 4) is 5.75 Å². The summed E-state index contributed by atoms with van der Waals surface area (Å²) in [6, 6.07) is 0.668. The van der Waals surface area contributed by atoms with Crippen LogP contribution < -0.4 is 10.1 Å². The zero-order valence-corrected chi connectivity index (χ0v) is 11.7. The van der Waals surface area contributed by atoms with Crippen LogP contribution >= 0.6 is 0 Å². The van der Waals surface area contributed by atoms with Crippen LogP contribution in [0.1, 0.15) is 58.3 Å². The zero-order chi connectivity index (χ0) is 12.8. The Bertz CT molecular complexity index is 333. The van der Waals surface area contributed by atoms with E-state index in [1.807, 2.05) is 6.20 Å². The van der Waals surface area contributed by atoms with Crippen LogP contribution in [-0.2, 0) is 0 Å². The van der Waals surface area contributed by atoms with Crippen molar-refractivity contribution in [3.63, 3.8) is 0 Å². The maximum absolute atomic E-state index is 5.42. The molecule has 1 atom stereocenters. The lowest BCUT2D eigenvalue weighted by molar-refractivity contribution is 0.380. The van der Waals surface area contributed by atoms with Gasteiger partial charge in [0.05, 0.1) is 25.0 Å². The first-order valence-electron chi connectivity index (χ1n) is 6.50. The van der Waals surface area contributed by atoms with Crippen LogP contribution in [0.15, 0.2) is 6.20 Å². The van der Waals surface area contributed by atoms with Crippen LogP contribution in [0.25, 0.3) is 0 Å². The van der Waals surface area contributed by atoms with Gasteiger partial charge in [-0.25, -0.2) is 0 Å². The van der Waals surface area contributed by atoms with Gasteiger partial charge in [0.2, 0.25) is 0 Å². The van der Waals surface area contributed by atoms with E-state index in [0.717, 1.165) is 25.1 Å². The Labute approximate surface area is 104 Å². The van der Waals surface area contributed by atoms with E-state index in [1.165, 1.54) is 5.69 Å². The molecule has 0 spiro atoms. The van der Waals surface area contributed by atoms with Crippen molar-refractivity contribution in [3.05, 3.63) is 11.9 Å². The molecule has 1 unspecified atom stereocenters. The topological polar surface area (TPSA) is 39.1 Å². The fourth-order valence-electron chi connectivity index (χ4n) is 2.01. The third kappa shape index (κ3) is 3.22. The van der Waals surface area contributed by atoms with Crippen LogP contribution in [0.2, 0.25) is 0 Å². The molecule has 0 fully saturated rings. The normalized spacial score (nSPS) is 13.1. The van der Waals surface area contributed by atoms with Crippen LogP contribution in [-0.4, -0.2) is 23.4 Å². The number of nitrogens with zero attached hydrogens (tertiary/aromatic N) is 2. The molecule has 4 nitrogen and oxygen atoms in total. The van der Waals surface area contributed by atoms with Crippen molar-refractivity contribution < 1.29 is 4.74 Å². The largest absolute Gasteiger partial charge is 0.493 e. The lowest BCUT2D eigenvalue weighted by Crippen LogP contribution is -2.25. The number of rotatable bonds is 7. The van der Waals surface area contributed by atoms with Crippen molar-refractivity contribution in [1.82, 2.24) is 15.1 Å². The third-order valence-electron chi connectivity index (χ3n) is 2.89. The second-order valence-electron chi connectivity index (χ2n) is 4.55. The average molecular weight is 239 g/mol. The second kappa shape index (κ2) is 6.64. The molecular weight excluding hydrogens is 214 g/mol. The van der Waals surface area contributed by atoms with Gasteiger partial charge in [-0.2, -0.15) is 5.10 Å². The highest BCUT2D eigenvalue weighted by Gasteiger charge is 2.21. The Morgan fingerprint density at radius 1 is 1.41 bits per heavy atom. The van der Waals surface area contributed by atoms with Crippen molar-refractivity contribution in [2.75, 3.05) is 13.7 Å². The number of aromatic nitrogens is 2. The zero-order valence-electron chi connectivity index (χ0n) is 11.7. The molecular formula is C13H25N3O. The van der Waals surface area contributed by atoms with Gasteiger partial charge < -0.3 is 10.1 Å². The minimum absolute atomic E-state index is 0.315. The molecule has 0 saturated heterocycles. The molecule has 98 valence electrons. The van der Waals surface area contributed by atoms with E-state index in [4.69, 9.17) is 4.74 Å². The van der Waals surface area contributed by atoms with Crippen LogP contribution in [0.4, 0.5) is 0 Å². The van der Waals surface area contributed by atoms with Gasteiger partial charge in [-0.05, 0) is 33.2 Å².